The maximum absolute atomic E-state index is 10.7. The molecule has 1 aliphatic heterocycles. The van der Waals surface area contributed by atoms with Gasteiger partial charge in [0.2, 0.25) is 0 Å². The number of rotatable bonds is 7. The molecule has 0 bridgehead atoms. The van der Waals surface area contributed by atoms with E-state index in [0.717, 1.165) is 19.0 Å². The van der Waals surface area contributed by atoms with Crippen LogP contribution in [-0.4, -0.2) is 55.8 Å². The van der Waals surface area contributed by atoms with Crippen LogP contribution >= 0.6 is 0 Å². The molecule has 1 aromatic rings. The summed E-state index contributed by atoms with van der Waals surface area (Å²) < 4.78 is 5.58. The number of aromatic carboxylic acids is 1. The molecule has 0 aromatic heterocycles. The third-order valence-electron chi connectivity index (χ3n) is 3.92. The summed E-state index contributed by atoms with van der Waals surface area (Å²) in [5.41, 5.74) is 0.280. The number of hydrogen-bond donors (Lipinski definition) is 2. The highest BCUT2D eigenvalue weighted by Crippen LogP contribution is 2.14. The standard InChI is InChI=1S/C16H24N2O3/c1-18-9-6-13(7-10-18)12-17-8-11-21-15-4-2-14(3-5-15)16(19)20/h2-5,13,17H,6-12H2,1H3,(H,19,20). The van der Waals surface area contributed by atoms with E-state index in [0.29, 0.717) is 12.4 Å². The molecule has 5 nitrogen and oxygen atoms in total. The molecule has 1 saturated heterocycles. The summed E-state index contributed by atoms with van der Waals surface area (Å²) in [6.45, 7) is 4.85. The van der Waals surface area contributed by atoms with Gasteiger partial charge in [0.1, 0.15) is 12.4 Å². The molecule has 2 N–H and O–H groups in total. The topological polar surface area (TPSA) is 61.8 Å². The zero-order chi connectivity index (χ0) is 15.1. The molecule has 1 heterocycles. The predicted octanol–water partition coefficient (Wildman–Crippen LogP) is 1.69. The van der Waals surface area contributed by atoms with Crippen LogP contribution in [0.15, 0.2) is 24.3 Å². The number of carboxylic acid groups (broad SMARTS) is 1. The minimum Gasteiger partial charge on any atom is -0.492 e. The third-order valence-corrected chi connectivity index (χ3v) is 3.92. The highest BCUT2D eigenvalue weighted by atomic mass is 16.5. The van der Waals surface area contributed by atoms with Gasteiger partial charge in [-0.3, -0.25) is 0 Å². The Hall–Kier alpha value is -1.59. The molecule has 0 atom stereocenters. The highest BCUT2D eigenvalue weighted by Gasteiger charge is 2.15. The second kappa shape index (κ2) is 8.00. The van der Waals surface area contributed by atoms with Gasteiger partial charge in [-0.15, -0.1) is 0 Å². The van der Waals surface area contributed by atoms with Crippen LogP contribution < -0.4 is 10.1 Å². The van der Waals surface area contributed by atoms with Crippen molar-refractivity contribution in [3.8, 4) is 5.75 Å². The van der Waals surface area contributed by atoms with Crippen molar-refractivity contribution in [3.05, 3.63) is 29.8 Å². The molecule has 1 aromatic carbocycles. The van der Waals surface area contributed by atoms with Gasteiger partial charge in [-0.25, -0.2) is 4.79 Å². The molecule has 5 heteroatoms. The maximum Gasteiger partial charge on any atom is 0.335 e. The lowest BCUT2D eigenvalue weighted by Crippen LogP contribution is -2.35. The Bertz CT molecular complexity index is 439. The molecule has 0 radical (unpaired) electrons. The summed E-state index contributed by atoms with van der Waals surface area (Å²) >= 11 is 0. The molecular weight excluding hydrogens is 268 g/mol. The van der Waals surface area contributed by atoms with Gasteiger partial charge < -0.3 is 20.1 Å². The maximum atomic E-state index is 10.7. The Kier molecular flexibility index (Phi) is 6.02. The second-order valence-electron chi connectivity index (χ2n) is 5.63. The molecule has 0 spiro atoms. The number of carbonyl (C=O) groups is 1. The minimum atomic E-state index is -0.915. The monoisotopic (exact) mass is 292 g/mol. The first-order valence-electron chi connectivity index (χ1n) is 7.50. The lowest BCUT2D eigenvalue weighted by atomic mass is 9.97. The first kappa shape index (κ1) is 15.8. The van der Waals surface area contributed by atoms with E-state index in [9.17, 15) is 4.79 Å². The number of hydrogen-bond acceptors (Lipinski definition) is 4. The van der Waals surface area contributed by atoms with Gasteiger partial charge >= 0.3 is 5.97 Å². The quantitative estimate of drug-likeness (QED) is 0.749. The first-order valence-corrected chi connectivity index (χ1v) is 7.50. The average Bonchev–Trinajstić information content (AvgIpc) is 2.49. The van der Waals surface area contributed by atoms with Crippen LogP contribution in [0.2, 0.25) is 0 Å². The second-order valence-corrected chi connectivity index (χ2v) is 5.63. The van der Waals surface area contributed by atoms with Crippen LogP contribution in [0.1, 0.15) is 23.2 Å². The summed E-state index contributed by atoms with van der Waals surface area (Å²) in [7, 11) is 2.17. The number of ether oxygens (including phenoxy) is 1. The molecule has 116 valence electrons. The van der Waals surface area contributed by atoms with Gasteiger partial charge in [0, 0.05) is 6.54 Å². The Labute approximate surface area is 125 Å². The van der Waals surface area contributed by atoms with E-state index >= 15 is 0 Å². The average molecular weight is 292 g/mol. The fraction of sp³-hybridized carbons (Fsp3) is 0.562. The van der Waals surface area contributed by atoms with Crippen molar-refractivity contribution in [2.45, 2.75) is 12.8 Å². The molecule has 21 heavy (non-hydrogen) atoms. The van der Waals surface area contributed by atoms with Gasteiger partial charge in [0.25, 0.3) is 0 Å². The van der Waals surface area contributed by atoms with Gasteiger partial charge in [-0.1, -0.05) is 0 Å². The van der Waals surface area contributed by atoms with Crippen LogP contribution in [0.3, 0.4) is 0 Å². The van der Waals surface area contributed by atoms with Gasteiger partial charge in [0.15, 0.2) is 0 Å². The van der Waals surface area contributed by atoms with Crippen LogP contribution in [-0.2, 0) is 0 Å². The zero-order valence-corrected chi connectivity index (χ0v) is 12.5. The zero-order valence-electron chi connectivity index (χ0n) is 12.5. The first-order chi connectivity index (χ1) is 10.1. The minimum absolute atomic E-state index is 0.280. The van der Waals surface area contributed by atoms with Crippen molar-refractivity contribution < 1.29 is 14.6 Å². The molecule has 0 saturated carbocycles. The van der Waals surface area contributed by atoms with Gasteiger partial charge in [-0.05, 0) is 69.7 Å². The normalized spacial score (nSPS) is 16.8. The SMILES string of the molecule is CN1CCC(CNCCOc2ccc(C(=O)O)cc2)CC1. The number of nitrogens with zero attached hydrogens (tertiary/aromatic N) is 1. The van der Waals surface area contributed by atoms with E-state index in [1.165, 1.54) is 25.9 Å². The Morgan fingerprint density at radius 3 is 2.62 bits per heavy atom. The van der Waals surface area contributed by atoms with Crippen molar-refractivity contribution in [1.82, 2.24) is 10.2 Å². The van der Waals surface area contributed by atoms with Crippen LogP contribution in [0.4, 0.5) is 0 Å². The summed E-state index contributed by atoms with van der Waals surface area (Å²) in [5.74, 6) is 0.568. The number of nitrogens with one attached hydrogen (secondary N) is 1. The van der Waals surface area contributed by atoms with Crippen LogP contribution in [0, 0.1) is 5.92 Å². The predicted molar refractivity (Wildman–Crippen MR) is 82.0 cm³/mol. The fourth-order valence-corrected chi connectivity index (χ4v) is 2.51. The lowest BCUT2D eigenvalue weighted by Gasteiger charge is -2.29. The lowest BCUT2D eigenvalue weighted by molar-refractivity contribution is 0.0697. The Morgan fingerprint density at radius 1 is 1.33 bits per heavy atom. The molecule has 0 amide bonds. The molecule has 2 rings (SSSR count). The Morgan fingerprint density at radius 2 is 2.00 bits per heavy atom. The number of piperidine rings is 1. The van der Waals surface area contributed by atoms with Crippen molar-refractivity contribution >= 4 is 5.97 Å². The molecule has 0 unspecified atom stereocenters. The Balaban J connectivity index is 1.58. The van der Waals surface area contributed by atoms with Crippen molar-refractivity contribution in [1.29, 1.82) is 0 Å². The van der Waals surface area contributed by atoms with Gasteiger partial charge in [-0.2, -0.15) is 0 Å². The van der Waals surface area contributed by atoms with E-state index < -0.39 is 5.97 Å². The molecule has 1 fully saturated rings. The van der Waals surface area contributed by atoms with Crippen molar-refractivity contribution in [2.75, 3.05) is 39.8 Å². The van der Waals surface area contributed by atoms with E-state index in [1.807, 2.05) is 0 Å². The molecular formula is C16H24N2O3. The largest absolute Gasteiger partial charge is 0.492 e. The van der Waals surface area contributed by atoms with E-state index in [1.54, 1.807) is 24.3 Å². The van der Waals surface area contributed by atoms with Crippen molar-refractivity contribution in [3.63, 3.8) is 0 Å². The van der Waals surface area contributed by atoms with Crippen LogP contribution in [0.25, 0.3) is 0 Å². The van der Waals surface area contributed by atoms with E-state index in [2.05, 4.69) is 17.3 Å². The van der Waals surface area contributed by atoms with Crippen molar-refractivity contribution in [2.24, 2.45) is 5.92 Å². The smallest absolute Gasteiger partial charge is 0.335 e. The molecule has 0 aliphatic carbocycles. The summed E-state index contributed by atoms with van der Waals surface area (Å²) in [4.78, 5) is 13.1. The van der Waals surface area contributed by atoms with E-state index in [4.69, 9.17) is 9.84 Å². The van der Waals surface area contributed by atoms with Crippen LogP contribution in [0.5, 0.6) is 5.75 Å². The highest BCUT2D eigenvalue weighted by molar-refractivity contribution is 5.87. The third kappa shape index (κ3) is 5.36. The number of likely N-dealkylation sites (tertiary alicyclic amines) is 1. The summed E-state index contributed by atoms with van der Waals surface area (Å²) in [6, 6.07) is 6.51. The summed E-state index contributed by atoms with van der Waals surface area (Å²) in [5, 5.41) is 12.2. The number of benzene rings is 1. The van der Waals surface area contributed by atoms with Gasteiger partial charge in [0.05, 0.1) is 5.56 Å². The number of carboxylic acids is 1. The fourth-order valence-electron chi connectivity index (χ4n) is 2.51. The summed E-state index contributed by atoms with van der Waals surface area (Å²) in [6.07, 6.45) is 2.53. The van der Waals surface area contributed by atoms with E-state index in [-0.39, 0.29) is 5.56 Å². The molecule has 1 aliphatic rings.